The normalized spacial score (nSPS) is 22.4. The maximum atomic E-state index is 13.2. The first-order chi connectivity index (χ1) is 5.68. The third-order valence-corrected chi connectivity index (χ3v) is 3.48. The monoisotopic (exact) mass is 185 g/mol. The molecule has 1 atom stereocenters. The Morgan fingerprint density at radius 2 is 2.25 bits per heavy atom. The molecule has 0 saturated carbocycles. The smallest absolute Gasteiger partial charge is 0.180 e. The fourth-order valence-electron chi connectivity index (χ4n) is 1.80. The van der Waals surface area contributed by atoms with Gasteiger partial charge in [-0.15, -0.1) is 11.3 Å². The van der Waals surface area contributed by atoms with Gasteiger partial charge in [0.1, 0.15) is 0 Å². The summed E-state index contributed by atoms with van der Waals surface area (Å²) in [5.41, 5.74) is 7.92. The molecule has 0 aromatic carbocycles. The summed E-state index contributed by atoms with van der Waals surface area (Å²) in [6, 6.07) is 0.241. The lowest BCUT2D eigenvalue weighted by molar-refractivity contribution is 0.552. The van der Waals surface area contributed by atoms with Gasteiger partial charge in [-0.2, -0.15) is 4.39 Å². The van der Waals surface area contributed by atoms with Gasteiger partial charge in [-0.3, -0.25) is 0 Å². The van der Waals surface area contributed by atoms with E-state index in [1.165, 1.54) is 16.9 Å². The summed E-state index contributed by atoms with van der Waals surface area (Å²) in [5, 5.41) is 0.00870. The average molecular weight is 185 g/mol. The summed E-state index contributed by atoms with van der Waals surface area (Å²) < 4.78 is 13.2. The molecule has 0 amide bonds. The standard InChI is InChI=1S/C9H12FNS/c1-5-8-4-6(11)2-3-7(8)9(10)12-5/h6H,2-4,11H2,1H3. The van der Waals surface area contributed by atoms with Crippen molar-refractivity contribution in [3.63, 3.8) is 0 Å². The van der Waals surface area contributed by atoms with E-state index in [1.807, 2.05) is 6.92 Å². The van der Waals surface area contributed by atoms with E-state index < -0.39 is 0 Å². The maximum Gasteiger partial charge on any atom is 0.180 e. The van der Waals surface area contributed by atoms with Crippen LogP contribution in [0.3, 0.4) is 0 Å². The molecule has 0 bridgehead atoms. The molecule has 1 unspecified atom stereocenters. The van der Waals surface area contributed by atoms with Crippen molar-refractivity contribution >= 4 is 11.3 Å². The van der Waals surface area contributed by atoms with E-state index in [-0.39, 0.29) is 11.2 Å². The Hall–Kier alpha value is -0.410. The van der Waals surface area contributed by atoms with Crippen LogP contribution in [0.15, 0.2) is 0 Å². The van der Waals surface area contributed by atoms with Gasteiger partial charge in [-0.1, -0.05) is 0 Å². The zero-order chi connectivity index (χ0) is 8.72. The highest BCUT2D eigenvalue weighted by Gasteiger charge is 2.22. The zero-order valence-electron chi connectivity index (χ0n) is 7.06. The number of rotatable bonds is 0. The molecule has 2 N–H and O–H groups in total. The third-order valence-electron chi connectivity index (χ3n) is 2.50. The number of hydrogen-bond donors (Lipinski definition) is 1. The van der Waals surface area contributed by atoms with Crippen LogP contribution < -0.4 is 5.73 Å². The summed E-state index contributed by atoms with van der Waals surface area (Å²) in [7, 11) is 0. The summed E-state index contributed by atoms with van der Waals surface area (Å²) in [4.78, 5) is 1.11. The lowest BCUT2D eigenvalue weighted by atomic mass is 9.90. The fourth-order valence-corrected chi connectivity index (χ4v) is 2.75. The van der Waals surface area contributed by atoms with Crippen LogP contribution in [0, 0.1) is 12.1 Å². The summed E-state index contributed by atoms with van der Waals surface area (Å²) in [5.74, 6) is 0. The van der Waals surface area contributed by atoms with Crippen molar-refractivity contribution in [1.82, 2.24) is 0 Å². The van der Waals surface area contributed by atoms with Gasteiger partial charge in [0.05, 0.1) is 0 Å². The highest BCUT2D eigenvalue weighted by Crippen LogP contribution is 2.31. The molecule has 0 aliphatic heterocycles. The van der Waals surface area contributed by atoms with Crippen molar-refractivity contribution in [3.8, 4) is 0 Å². The first-order valence-corrected chi connectivity index (χ1v) is 5.02. The predicted molar refractivity (Wildman–Crippen MR) is 49.0 cm³/mol. The first kappa shape index (κ1) is 8.20. The molecule has 1 aliphatic rings. The van der Waals surface area contributed by atoms with Crippen molar-refractivity contribution in [2.24, 2.45) is 5.73 Å². The first-order valence-electron chi connectivity index (χ1n) is 4.20. The minimum absolute atomic E-state index is 0.00870. The molecule has 1 aromatic heterocycles. The van der Waals surface area contributed by atoms with E-state index >= 15 is 0 Å². The van der Waals surface area contributed by atoms with Gasteiger partial charge in [0.2, 0.25) is 0 Å². The summed E-state index contributed by atoms with van der Waals surface area (Å²) in [6.45, 7) is 1.98. The topological polar surface area (TPSA) is 26.0 Å². The number of nitrogens with two attached hydrogens (primary N) is 1. The highest BCUT2D eigenvalue weighted by molar-refractivity contribution is 7.10. The fraction of sp³-hybridized carbons (Fsp3) is 0.556. The highest BCUT2D eigenvalue weighted by atomic mass is 32.1. The second kappa shape index (κ2) is 2.82. The second-order valence-corrected chi connectivity index (χ2v) is 4.57. The van der Waals surface area contributed by atoms with Crippen LogP contribution in [0.1, 0.15) is 22.4 Å². The molecule has 1 aliphatic carbocycles. The van der Waals surface area contributed by atoms with Crippen LogP contribution in [-0.4, -0.2) is 6.04 Å². The van der Waals surface area contributed by atoms with E-state index in [2.05, 4.69) is 0 Å². The summed E-state index contributed by atoms with van der Waals surface area (Å²) in [6.07, 6.45) is 2.62. The van der Waals surface area contributed by atoms with Crippen molar-refractivity contribution in [1.29, 1.82) is 0 Å². The van der Waals surface area contributed by atoms with Gasteiger partial charge in [-0.25, -0.2) is 0 Å². The maximum absolute atomic E-state index is 13.2. The number of halogens is 1. The summed E-state index contributed by atoms with van der Waals surface area (Å²) >= 11 is 1.26. The molecule has 1 nitrogen and oxygen atoms in total. The molecular weight excluding hydrogens is 173 g/mol. The van der Waals surface area contributed by atoms with Crippen molar-refractivity contribution < 1.29 is 4.39 Å². The molecule has 1 heterocycles. The van der Waals surface area contributed by atoms with Crippen molar-refractivity contribution in [3.05, 3.63) is 21.1 Å². The van der Waals surface area contributed by atoms with Gasteiger partial charge in [0.15, 0.2) is 5.13 Å². The number of thiophene rings is 1. The van der Waals surface area contributed by atoms with Gasteiger partial charge in [-0.05, 0) is 31.7 Å². The Bertz CT molecular complexity index is 306. The lowest BCUT2D eigenvalue weighted by Gasteiger charge is -2.18. The van der Waals surface area contributed by atoms with E-state index in [0.29, 0.717) is 0 Å². The van der Waals surface area contributed by atoms with Crippen LogP contribution in [0.2, 0.25) is 0 Å². The molecule has 12 heavy (non-hydrogen) atoms. The molecule has 3 heteroatoms. The molecular formula is C9H12FNS. The minimum atomic E-state index is 0.00870. The van der Waals surface area contributed by atoms with E-state index in [4.69, 9.17) is 5.73 Å². The van der Waals surface area contributed by atoms with Gasteiger partial charge in [0, 0.05) is 16.5 Å². The quantitative estimate of drug-likeness (QED) is 0.657. The average Bonchev–Trinajstić information content (AvgIpc) is 2.28. The second-order valence-electron chi connectivity index (χ2n) is 3.39. The zero-order valence-corrected chi connectivity index (χ0v) is 7.88. The number of fused-ring (bicyclic) bond motifs is 1. The Morgan fingerprint density at radius 1 is 1.50 bits per heavy atom. The van der Waals surface area contributed by atoms with E-state index in [9.17, 15) is 4.39 Å². The molecule has 0 saturated heterocycles. The van der Waals surface area contributed by atoms with Crippen LogP contribution in [0.4, 0.5) is 4.39 Å². The van der Waals surface area contributed by atoms with E-state index in [0.717, 1.165) is 29.7 Å². The predicted octanol–water partition coefficient (Wildman–Crippen LogP) is 2.01. The number of aryl methyl sites for hydroxylation is 1. The minimum Gasteiger partial charge on any atom is -0.327 e. The Kier molecular flexibility index (Phi) is 1.93. The Labute approximate surface area is 75.4 Å². The van der Waals surface area contributed by atoms with Gasteiger partial charge in [0.25, 0.3) is 0 Å². The van der Waals surface area contributed by atoms with Crippen LogP contribution in [-0.2, 0) is 12.8 Å². The van der Waals surface area contributed by atoms with Crippen molar-refractivity contribution in [2.75, 3.05) is 0 Å². The van der Waals surface area contributed by atoms with Crippen LogP contribution >= 0.6 is 11.3 Å². The van der Waals surface area contributed by atoms with Crippen LogP contribution in [0.25, 0.3) is 0 Å². The largest absolute Gasteiger partial charge is 0.327 e. The molecule has 0 spiro atoms. The number of hydrogen-bond acceptors (Lipinski definition) is 2. The lowest BCUT2D eigenvalue weighted by Crippen LogP contribution is -2.27. The Morgan fingerprint density at radius 3 is 3.00 bits per heavy atom. The third kappa shape index (κ3) is 1.17. The molecule has 1 aromatic rings. The molecule has 2 rings (SSSR count). The molecule has 66 valence electrons. The molecule has 0 fully saturated rings. The van der Waals surface area contributed by atoms with E-state index in [1.54, 1.807) is 0 Å². The molecule has 0 radical (unpaired) electrons. The van der Waals surface area contributed by atoms with Gasteiger partial charge >= 0.3 is 0 Å². The van der Waals surface area contributed by atoms with Crippen LogP contribution in [0.5, 0.6) is 0 Å². The Balaban J connectivity index is 2.45. The van der Waals surface area contributed by atoms with Gasteiger partial charge < -0.3 is 5.73 Å². The SMILES string of the molecule is Cc1sc(F)c2c1CC(N)CC2. The van der Waals surface area contributed by atoms with Crippen molar-refractivity contribution in [2.45, 2.75) is 32.2 Å².